The molecule has 2 saturated heterocycles. The van der Waals surface area contributed by atoms with Gasteiger partial charge in [0.2, 0.25) is 23.8 Å². The fourth-order valence-corrected chi connectivity index (χ4v) is 6.51. The molecule has 0 bridgehead atoms. The van der Waals surface area contributed by atoms with Crippen LogP contribution in [0.1, 0.15) is 19.3 Å². The highest BCUT2D eigenvalue weighted by Gasteiger charge is 2.28. The molecular weight excluding hydrogens is 572 g/mol. The van der Waals surface area contributed by atoms with E-state index in [-0.39, 0.29) is 34.8 Å². The minimum atomic E-state index is -3.84. The first-order chi connectivity index (χ1) is 20.6. The monoisotopic (exact) mass is 606 g/mol. The van der Waals surface area contributed by atoms with Crippen LogP contribution in [0.2, 0.25) is 0 Å². The number of sulfonamides is 1. The van der Waals surface area contributed by atoms with E-state index >= 15 is 0 Å². The van der Waals surface area contributed by atoms with E-state index < -0.39 is 10.0 Å². The van der Waals surface area contributed by atoms with Crippen LogP contribution in [-0.4, -0.2) is 77.7 Å². The van der Waals surface area contributed by atoms with Gasteiger partial charge < -0.3 is 32.3 Å². The van der Waals surface area contributed by atoms with E-state index in [0.29, 0.717) is 68.7 Å². The van der Waals surface area contributed by atoms with Crippen LogP contribution in [0.3, 0.4) is 0 Å². The Morgan fingerprint density at radius 2 is 1.56 bits per heavy atom. The average molecular weight is 607 g/mol. The molecule has 0 saturated carbocycles. The van der Waals surface area contributed by atoms with E-state index in [4.69, 9.17) is 22.2 Å². The van der Waals surface area contributed by atoms with Crippen LogP contribution < -0.4 is 37.0 Å². The Hall–Kier alpha value is -4.54. The van der Waals surface area contributed by atoms with Gasteiger partial charge in [0.15, 0.2) is 0 Å². The van der Waals surface area contributed by atoms with Gasteiger partial charge in [-0.3, -0.25) is 14.6 Å². The molecule has 2 aromatic heterocycles. The molecule has 6 rings (SSSR count). The van der Waals surface area contributed by atoms with Crippen LogP contribution >= 0.6 is 0 Å². The molecule has 0 spiro atoms. The maximum absolute atomic E-state index is 13.1. The normalized spacial score (nSPS) is 19.9. The largest absolute Gasteiger partial charge is 0.369 e. The standard InChI is InChI=1S/C27H34N12O3S/c28-18-11-19(29)15-39(14-18)27-34-25(33-26(35-27)38-9-7-16(8-10-38)24(30)40)32-20-3-5-22(6-4-20)43(41,42)37-21-2-1-17-13-31-36-23(17)12-21/h1-6,12-13,16,18-19,37H,7-11,14-15,28-29H2,(H2,30,40)(H,31,36)(H,32,33,34,35)/t18-,19+. The number of primary amides is 1. The molecule has 4 heterocycles. The number of nitrogens with two attached hydrogens (primary N) is 3. The smallest absolute Gasteiger partial charge is 0.261 e. The number of H-pyrrole nitrogens is 1. The summed E-state index contributed by atoms with van der Waals surface area (Å²) in [6.07, 6.45) is 3.60. The number of nitrogens with zero attached hydrogens (tertiary/aromatic N) is 6. The second-order valence-electron chi connectivity index (χ2n) is 11.0. The molecule has 0 unspecified atom stereocenters. The number of piperidine rings is 2. The number of carbonyl (C=O) groups excluding carboxylic acids is 1. The fourth-order valence-electron chi connectivity index (χ4n) is 5.46. The highest BCUT2D eigenvalue weighted by atomic mass is 32.2. The maximum Gasteiger partial charge on any atom is 0.261 e. The van der Waals surface area contributed by atoms with Gasteiger partial charge >= 0.3 is 0 Å². The van der Waals surface area contributed by atoms with Crippen molar-refractivity contribution in [3.63, 3.8) is 0 Å². The topological polar surface area (TPSA) is 227 Å². The zero-order valence-electron chi connectivity index (χ0n) is 23.3. The van der Waals surface area contributed by atoms with E-state index in [9.17, 15) is 13.2 Å². The Bertz CT molecular complexity index is 1710. The third-order valence-electron chi connectivity index (χ3n) is 7.71. The molecule has 16 heteroatoms. The van der Waals surface area contributed by atoms with Crippen molar-refractivity contribution >= 4 is 56.1 Å². The molecule has 2 fully saturated rings. The third-order valence-corrected chi connectivity index (χ3v) is 9.10. The number of anilines is 5. The number of aromatic nitrogens is 5. The molecule has 9 N–H and O–H groups in total. The first-order valence-corrected chi connectivity index (χ1v) is 15.5. The molecule has 4 aromatic rings. The van der Waals surface area contributed by atoms with Gasteiger partial charge in [-0.2, -0.15) is 20.1 Å². The lowest BCUT2D eigenvalue weighted by atomic mass is 9.96. The molecule has 0 radical (unpaired) electrons. The Kier molecular flexibility index (Phi) is 7.72. The van der Waals surface area contributed by atoms with Crippen LogP contribution in [0, 0.1) is 5.92 Å². The summed E-state index contributed by atoms with van der Waals surface area (Å²) in [5.41, 5.74) is 19.7. The summed E-state index contributed by atoms with van der Waals surface area (Å²) in [6, 6.07) is 11.2. The van der Waals surface area contributed by atoms with Crippen LogP contribution in [0.25, 0.3) is 10.9 Å². The molecular formula is C27H34N12O3S. The van der Waals surface area contributed by atoms with Gasteiger partial charge in [-0.15, -0.1) is 0 Å². The summed E-state index contributed by atoms with van der Waals surface area (Å²) in [4.78, 5) is 29.7. The molecule has 0 aliphatic carbocycles. The van der Waals surface area contributed by atoms with Crippen molar-refractivity contribution in [1.29, 1.82) is 0 Å². The lowest BCUT2D eigenvalue weighted by molar-refractivity contribution is -0.122. The molecule has 226 valence electrons. The summed E-state index contributed by atoms with van der Waals surface area (Å²) < 4.78 is 28.7. The number of nitrogens with one attached hydrogen (secondary N) is 3. The Labute approximate surface area is 248 Å². The first-order valence-electron chi connectivity index (χ1n) is 14.0. The van der Waals surface area contributed by atoms with Crippen LogP contribution in [0.15, 0.2) is 53.6 Å². The van der Waals surface area contributed by atoms with E-state index in [2.05, 4.69) is 30.2 Å². The highest BCUT2D eigenvalue weighted by molar-refractivity contribution is 7.92. The molecule has 2 aromatic carbocycles. The van der Waals surface area contributed by atoms with E-state index in [1.165, 1.54) is 12.1 Å². The first kappa shape index (κ1) is 28.6. The van der Waals surface area contributed by atoms with Crippen molar-refractivity contribution in [2.45, 2.75) is 36.2 Å². The van der Waals surface area contributed by atoms with Crippen LogP contribution in [-0.2, 0) is 14.8 Å². The summed E-state index contributed by atoms with van der Waals surface area (Å²) >= 11 is 0. The highest BCUT2D eigenvalue weighted by Crippen LogP contribution is 2.27. The molecule has 2 atom stereocenters. The van der Waals surface area contributed by atoms with E-state index in [1.807, 2.05) is 9.80 Å². The minimum Gasteiger partial charge on any atom is -0.369 e. The summed E-state index contributed by atoms with van der Waals surface area (Å²) in [6.45, 7) is 2.24. The van der Waals surface area contributed by atoms with Crippen LogP contribution in [0.5, 0.6) is 0 Å². The summed E-state index contributed by atoms with van der Waals surface area (Å²) in [5, 5.41) is 10.9. The van der Waals surface area contributed by atoms with Crippen molar-refractivity contribution in [2.75, 3.05) is 46.0 Å². The number of hydrogen-bond donors (Lipinski definition) is 6. The average Bonchev–Trinajstić information content (AvgIpc) is 3.45. The lowest BCUT2D eigenvalue weighted by Gasteiger charge is -2.35. The molecule has 2 aliphatic rings. The van der Waals surface area contributed by atoms with Crippen molar-refractivity contribution in [3.05, 3.63) is 48.7 Å². The predicted octanol–water partition coefficient (Wildman–Crippen LogP) is 0.859. The van der Waals surface area contributed by atoms with Crippen molar-refractivity contribution in [3.8, 4) is 0 Å². The van der Waals surface area contributed by atoms with Gasteiger partial charge in [0, 0.05) is 55.3 Å². The molecule has 43 heavy (non-hydrogen) atoms. The van der Waals surface area contributed by atoms with Crippen LogP contribution in [0.4, 0.5) is 29.2 Å². The van der Waals surface area contributed by atoms with Crippen molar-refractivity contribution in [1.82, 2.24) is 25.1 Å². The second-order valence-corrected chi connectivity index (χ2v) is 12.7. The van der Waals surface area contributed by atoms with E-state index in [0.717, 1.165) is 10.9 Å². The summed E-state index contributed by atoms with van der Waals surface area (Å²) in [7, 11) is -3.84. The lowest BCUT2D eigenvalue weighted by Crippen LogP contribution is -2.53. The fraction of sp³-hybridized carbons (Fsp3) is 0.370. The molecule has 1 amide bonds. The third kappa shape index (κ3) is 6.45. The maximum atomic E-state index is 13.1. The Balaban J connectivity index is 1.22. The van der Waals surface area contributed by atoms with Gasteiger partial charge in [0.25, 0.3) is 10.0 Å². The van der Waals surface area contributed by atoms with Gasteiger partial charge in [-0.05, 0) is 61.7 Å². The van der Waals surface area contributed by atoms with Gasteiger partial charge in [-0.25, -0.2) is 8.42 Å². The Morgan fingerprint density at radius 1 is 0.907 bits per heavy atom. The van der Waals surface area contributed by atoms with Crippen molar-refractivity contribution < 1.29 is 13.2 Å². The zero-order chi connectivity index (χ0) is 30.1. The minimum absolute atomic E-state index is 0.0911. The zero-order valence-corrected chi connectivity index (χ0v) is 24.2. The molecule has 2 aliphatic heterocycles. The number of benzene rings is 2. The number of hydrogen-bond acceptors (Lipinski definition) is 12. The second kappa shape index (κ2) is 11.6. The van der Waals surface area contributed by atoms with Gasteiger partial charge in [0.05, 0.1) is 22.3 Å². The number of amides is 1. The Morgan fingerprint density at radius 3 is 2.23 bits per heavy atom. The number of carbonyl (C=O) groups is 1. The number of fused-ring (bicyclic) bond motifs is 1. The van der Waals surface area contributed by atoms with Gasteiger partial charge in [0.1, 0.15) is 0 Å². The molecule has 15 nitrogen and oxygen atoms in total. The van der Waals surface area contributed by atoms with E-state index in [1.54, 1.807) is 36.5 Å². The van der Waals surface area contributed by atoms with Gasteiger partial charge in [-0.1, -0.05) is 0 Å². The number of rotatable bonds is 8. The summed E-state index contributed by atoms with van der Waals surface area (Å²) in [5.74, 6) is 0.708. The van der Waals surface area contributed by atoms with Crippen molar-refractivity contribution in [2.24, 2.45) is 23.1 Å². The SMILES string of the molecule is NC(=O)C1CCN(c2nc(Nc3ccc(S(=O)(=O)Nc4ccc5cn[nH]c5c4)cc3)nc(N3C[C@H](N)C[C@H](N)C3)n2)CC1. The predicted molar refractivity (Wildman–Crippen MR) is 163 cm³/mol. The number of aromatic amines is 1. The quantitative estimate of drug-likeness (QED) is 0.164.